The Hall–Kier alpha value is -2.38. The third-order valence-electron chi connectivity index (χ3n) is 6.35. The highest BCUT2D eigenvalue weighted by molar-refractivity contribution is 5.78. The number of nitrogens with zero attached hydrogens (tertiary/aromatic N) is 5. The van der Waals surface area contributed by atoms with Gasteiger partial charge in [-0.25, -0.2) is 0 Å². The van der Waals surface area contributed by atoms with Crippen molar-refractivity contribution in [3.05, 3.63) is 54.4 Å². The zero-order valence-electron chi connectivity index (χ0n) is 17.6. The lowest BCUT2D eigenvalue weighted by Gasteiger charge is -2.42. The summed E-state index contributed by atoms with van der Waals surface area (Å²) in [6.07, 6.45) is 14.1. The Kier molecular flexibility index (Phi) is 7.37. The highest BCUT2D eigenvalue weighted by Crippen LogP contribution is 2.24. The summed E-state index contributed by atoms with van der Waals surface area (Å²) in [4.78, 5) is 30.2. The smallest absolute Gasteiger partial charge is 0.224 e. The van der Waals surface area contributed by atoms with E-state index in [0.29, 0.717) is 12.6 Å². The van der Waals surface area contributed by atoms with Gasteiger partial charge in [0.25, 0.3) is 0 Å². The SMILES string of the molecule is O=C(NCCc1cnccn1)C1CCCN(C2CCN(Cc3ccncc3)CC2)C1. The van der Waals surface area contributed by atoms with Gasteiger partial charge >= 0.3 is 0 Å². The minimum absolute atomic E-state index is 0.107. The number of hydrogen-bond acceptors (Lipinski definition) is 6. The molecule has 0 bridgehead atoms. The van der Waals surface area contributed by atoms with Gasteiger partial charge < -0.3 is 5.32 Å². The first-order valence-electron chi connectivity index (χ1n) is 11.2. The molecule has 1 unspecified atom stereocenters. The van der Waals surface area contributed by atoms with Crippen molar-refractivity contribution in [1.29, 1.82) is 0 Å². The van der Waals surface area contributed by atoms with Crippen molar-refractivity contribution in [2.24, 2.45) is 5.92 Å². The van der Waals surface area contributed by atoms with E-state index in [1.165, 1.54) is 18.4 Å². The predicted octanol–water partition coefficient (Wildman–Crippen LogP) is 1.91. The zero-order valence-corrected chi connectivity index (χ0v) is 17.6. The number of rotatable bonds is 7. The predicted molar refractivity (Wildman–Crippen MR) is 116 cm³/mol. The van der Waals surface area contributed by atoms with Gasteiger partial charge in [-0.2, -0.15) is 0 Å². The number of carbonyl (C=O) groups excluding carboxylic acids is 1. The third kappa shape index (κ3) is 5.83. The van der Waals surface area contributed by atoms with E-state index in [1.54, 1.807) is 18.6 Å². The molecule has 4 rings (SSSR count). The Morgan fingerprint density at radius 3 is 2.63 bits per heavy atom. The molecule has 0 saturated carbocycles. The van der Waals surface area contributed by atoms with Gasteiger partial charge in [0.2, 0.25) is 5.91 Å². The van der Waals surface area contributed by atoms with Crippen LogP contribution in [-0.4, -0.2) is 69.4 Å². The van der Waals surface area contributed by atoms with Crippen molar-refractivity contribution in [2.75, 3.05) is 32.7 Å². The van der Waals surface area contributed by atoms with Crippen molar-refractivity contribution in [3.8, 4) is 0 Å². The number of aromatic nitrogens is 3. The molecule has 160 valence electrons. The Morgan fingerprint density at radius 1 is 1.03 bits per heavy atom. The third-order valence-corrected chi connectivity index (χ3v) is 6.35. The Balaban J connectivity index is 1.20. The highest BCUT2D eigenvalue weighted by atomic mass is 16.1. The number of nitrogens with one attached hydrogen (secondary N) is 1. The average Bonchev–Trinajstić information content (AvgIpc) is 2.81. The van der Waals surface area contributed by atoms with Crippen molar-refractivity contribution in [3.63, 3.8) is 0 Å². The molecule has 0 aromatic carbocycles. The van der Waals surface area contributed by atoms with Gasteiger partial charge in [-0.3, -0.25) is 29.5 Å². The van der Waals surface area contributed by atoms with E-state index >= 15 is 0 Å². The van der Waals surface area contributed by atoms with Gasteiger partial charge in [0.05, 0.1) is 11.6 Å². The second-order valence-corrected chi connectivity index (χ2v) is 8.43. The molecule has 2 aromatic heterocycles. The minimum Gasteiger partial charge on any atom is -0.355 e. The first-order valence-corrected chi connectivity index (χ1v) is 11.2. The van der Waals surface area contributed by atoms with E-state index in [0.717, 1.165) is 57.7 Å². The van der Waals surface area contributed by atoms with E-state index < -0.39 is 0 Å². The second-order valence-electron chi connectivity index (χ2n) is 8.43. The summed E-state index contributed by atoms with van der Waals surface area (Å²) in [5.41, 5.74) is 2.25. The molecule has 1 atom stereocenters. The molecule has 7 nitrogen and oxygen atoms in total. The van der Waals surface area contributed by atoms with Crippen LogP contribution in [0.4, 0.5) is 0 Å². The summed E-state index contributed by atoms with van der Waals surface area (Å²) in [5.74, 6) is 0.300. The summed E-state index contributed by atoms with van der Waals surface area (Å²) in [7, 11) is 0. The Morgan fingerprint density at radius 2 is 1.87 bits per heavy atom. The van der Waals surface area contributed by atoms with Crippen LogP contribution in [0.2, 0.25) is 0 Å². The summed E-state index contributed by atoms with van der Waals surface area (Å²) < 4.78 is 0. The lowest BCUT2D eigenvalue weighted by Crippen LogP contribution is -2.50. The zero-order chi connectivity index (χ0) is 20.6. The molecule has 1 N–H and O–H groups in total. The van der Waals surface area contributed by atoms with Crippen LogP contribution >= 0.6 is 0 Å². The van der Waals surface area contributed by atoms with E-state index in [2.05, 4.69) is 42.2 Å². The normalized spacial score (nSPS) is 21.4. The maximum absolute atomic E-state index is 12.7. The molecule has 7 heteroatoms. The monoisotopic (exact) mass is 408 g/mol. The number of pyridine rings is 1. The van der Waals surface area contributed by atoms with Crippen LogP contribution in [0.15, 0.2) is 43.1 Å². The number of amides is 1. The topological polar surface area (TPSA) is 74.2 Å². The maximum Gasteiger partial charge on any atom is 0.224 e. The van der Waals surface area contributed by atoms with Crippen LogP contribution in [-0.2, 0) is 17.8 Å². The van der Waals surface area contributed by atoms with Crippen LogP contribution in [0.1, 0.15) is 36.9 Å². The van der Waals surface area contributed by atoms with Crippen molar-refractivity contribution in [1.82, 2.24) is 30.1 Å². The van der Waals surface area contributed by atoms with E-state index in [4.69, 9.17) is 0 Å². The molecule has 2 aliphatic heterocycles. The molecular weight excluding hydrogens is 376 g/mol. The minimum atomic E-state index is 0.107. The van der Waals surface area contributed by atoms with Gasteiger partial charge in [-0.1, -0.05) is 0 Å². The molecule has 2 aromatic rings. The fraction of sp³-hybridized carbons (Fsp3) is 0.565. The van der Waals surface area contributed by atoms with Gasteiger partial charge in [-0.15, -0.1) is 0 Å². The van der Waals surface area contributed by atoms with Gasteiger partial charge in [-0.05, 0) is 63.0 Å². The average molecular weight is 409 g/mol. The van der Waals surface area contributed by atoms with E-state index in [-0.39, 0.29) is 11.8 Å². The van der Waals surface area contributed by atoms with Gasteiger partial charge in [0.15, 0.2) is 0 Å². The van der Waals surface area contributed by atoms with E-state index in [9.17, 15) is 4.79 Å². The van der Waals surface area contributed by atoms with Crippen LogP contribution in [0.5, 0.6) is 0 Å². The number of hydrogen-bond donors (Lipinski definition) is 1. The highest BCUT2D eigenvalue weighted by Gasteiger charge is 2.31. The number of likely N-dealkylation sites (tertiary alicyclic amines) is 2. The summed E-state index contributed by atoms with van der Waals surface area (Å²) in [6, 6.07) is 4.81. The maximum atomic E-state index is 12.7. The molecule has 2 aliphatic rings. The van der Waals surface area contributed by atoms with Crippen LogP contribution < -0.4 is 5.32 Å². The Labute approximate surface area is 178 Å². The first kappa shape index (κ1) is 20.9. The molecule has 0 aliphatic carbocycles. The Bertz CT molecular complexity index is 779. The van der Waals surface area contributed by atoms with Crippen molar-refractivity contribution >= 4 is 5.91 Å². The van der Waals surface area contributed by atoms with Crippen molar-refractivity contribution < 1.29 is 4.79 Å². The quantitative estimate of drug-likeness (QED) is 0.754. The summed E-state index contributed by atoms with van der Waals surface area (Å²) in [6.45, 7) is 5.90. The fourth-order valence-corrected chi connectivity index (χ4v) is 4.66. The lowest BCUT2D eigenvalue weighted by molar-refractivity contribution is -0.127. The summed E-state index contributed by atoms with van der Waals surface area (Å²) in [5, 5.41) is 3.11. The van der Waals surface area contributed by atoms with Crippen LogP contribution in [0.3, 0.4) is 0 Å². The standard InChI is InChI=1S/C23H32N6O/c30-23(27-10-5-21-16-25-11-12-26-21)20-2-1-13-29(18-20)22-6-14-28(15-7-22)17-19-3-8-24-9-4-19/h3-4,8-9,11-12,16,20,22H,1-2,5-7,10,13-15,17-18H2,(H,27,30). The number of piperidine rings is 2. The second kappa shape index (κ2) is 10.6. The van der Waals surface area contributed by atoms with Crippen LogP contribution in [0.25, 0.3) is 0 Å². The van der Waals surface area contributed by atoms with Gasteiger partial charge in [0, 0.05) is 63.1 Å². The van der Waals surface area contributed by atoms with Crippen molar-refractivity contribution in [2.45, 2.75) is 44.7 Å². The largest absolute Gasteiger partial charge is 0.355 e. The summed E-state index contributed by atoms with van der Waals surface area (Å²) >= 11 is 0. The van der Waals surface area contributed by atoms with E-state index in [1.807, 2.05) is 12.4 Å². The first-order chi connectivity index (χ1) is 14.8. The van der Waals surface area contributed by atoms with Gasteiger partial charge in [0.1, 0.15) is 0 Å². The molecule has 2 saturated heterocycles. The molecular formula is C23H32N6O. The van der Waals surface area contributed by atoms with Crippen LogP contribution in [0, 0.1) is 5.92 Å². The molecule has 0 spiro atoms. The molecule has 4 heterocycles. The molecule has 1 amide bonds. The fourth-order valence-electron chi connectivity index (χ4n) is 4.66. The molecule has 30 heavy (non-hydrogen) atoms. The molecule has 0 radical (unpaired) electrons. The lowest BCUT2D eigenvalue weighted by atomic mass is 9.93. The molecule has 2 fully saturated rings. The number of carbonyl (C=O) groups is 1.